The summed E-state index contributed by atoms with van der Waals surface area (Å²) in [6.07, 6.45) is 1.47. The van der Waals surface area contributed by atoms with Crippen LogP contribution in [-0.4, -0.2) is 23.0 Å². The lowest BCUT2D eigenvalue weighted by Crippen LogP contribution is -2.41. The molecule has 0 aliphatic rings. The van der Waals surface area contributed by atoms with Crippen molar-refractivity contribution >= 4 is 11.7 Å². The van der Waals surface area contributed by atoms with Crippen LogP contribution in [0.1, 0.15) is 26.3 Å². The van der Waals surface area contributed by atoms with Gasteiger partial charge in [0, 0.05) is 12.2 Å². The van der Waals surface area contributed by atoms with E-state index in [2.05, 4.69) is 15.6 Å². The first-order valence-corrected chi connectivity index (χ1v) is 5.46. The van der Waals surface area contributed by atoms with Gasteiger partial charge in [-0.15, -0.1) is 0 Å². The Balaban J connectivity index is 2.58. The van der Waals surface area contributed by atoms with Crippen LogP contribution in [0.4, 0.5) is 5.82 Å². The van der Waals surface area contributed by atoms with Gasteiger partial charge < -0.3 is 10.6 Å². The molecule has 1 aromatic heterocycles. The molecular weight excluding hydrogens is 216 g/mol. The van der Waals surface area contributed by atoms with Crippen molar-refractivity contribution in [1.82, 2.24) is 10.3 Å². The molecule has 5 nitrogen and oxygen atoms in total. The molecule has 1 heterocycles. The van der Waals surface area contributed by atoms with Gasteiger partial charge in [0.1, 0.15) is 17.9 Å². The molecule has 90 valence electrons. The molecule has 1 unspecified atom stereocenters. The van der Waals surface area contributed by atoms with Crippen molar-refractivity contribution in [3.8, 4) is 6.07 Å². The highest BCUT2D eigenvalue weighted by molar-refractivity contribution is 5.84. The molecule has 0 bridgehead atoms. The standard InChI is InChI=1S/C12H16N4O/c1-8(2)15-12(17)9(3)16-11-5-4-10(6-13)7-14-11/h4-5,7-9H,1-3H3,(H,14,16)(H,15,17). The summed E-state index contributed by atoms with van der Waals surface area (Å²) in [4.78, 5) is 15.7. The molecule has 0 spiro atoms. The van der Waals surface area contributed by atoms with E-state index in [0.717, 1.165) is 0 Å². The topological polar surface area (TPSA) is 77.8 Å². The zero-order valence-electron chi connectivity index (χ0n) is 10.2. The number of aromatic nitrogens is 1. The van der Waals surface area contributed by atoms with Gasteiger partial charge in [0.2, 0.25) is 5.91 Å². The van der Waals surface area contributed by atoms with Crippen molar-refractivity contribution in [2.45, 2.75) is 32.9 Å². The van der Waals surface area contributed by atoms with Crippen molar-refractivity contribution in [1.29, 1.82) is 5.26 Å². The molecule has 5 heteroatoms. The maximum Gasteiger partial charge on any atom is 0.242 e. The van der Waals surface area contributed by atoms with Crippen molar-refractivity contribution < 1.29 is 4.79 Å². The monoisotopic (exact) mass is 232 g/mol. The summed E-state index contributed by atoms with van der Waals surface area (Å²) in [5, 5.41) is 14.4. The summed E-state index contributed by atoms with van der Waals surface area (Å²) < 4.78 is 0. The average molecular weight is 232 g/mol. The van der Waals surface area contributed by atoms with Gasteiger partial charge in [-0.3, -0.25) is 4.79 Å². The highest BCUT2D eigenvalue weighted by Crippen LogP contribution is 2.05. The summed E-state index contributed by atoms with van der Waals surface area (Å²) in [5.41, 5.74) is 0.495. The number of hydrogen-bond acceptors (Lipinski definition) is 4. The maximum absolute atomic E-state index is 11.6. The number of pyridine rings is 1. The third-order valence-corrected chi connectivity index (χ3v) is 2.08. The zero-order valence-corrected chi connectivity index (χ0v) is 10.2. The van der Waals surface area contributed by atoms with Gasteiger partial charge in [0.05, 0.1) is 5.56 Å². The van der Waals surface area contributed by atoms with Gasteiger partial charge in [0.25, 0.3) is 0 Å². The SMILES string of the molecule is CC(C)NC(=O)C(C)Nc1ccc(C#N)cn1. The lowest BCUT2D eigenvalue weighted by atomic mass is 10.2. The Morgan fingerprint density at radius 2 is 2.12 bits per heavy atom. The Labute approximate surface area is 101 Å². The van der Waals surface area contributed by atoms with Crippen LogP contribution >= 0.6 is 0 Å². The maximum atomic E-state index is 11.6. The van der Waals surface area contributed by atoms with Crippen LogP contribution in [-0.2, 0) is 4.79 Å². The van der Waals surface area contributed by atoms with E-state index in [0.29, 0.717) is 11.4 Å². The minimum atomic E-state index is -0.363. The van der Waals surface area contributed by atoms with Gasteiger partial charge in [-0.05, 0) is 32.9 Å². The van der Waals surface area contributed by atoms with E-state index in [1.807, 2.05) is 19.9 Å². The number of nitriles is 1. The Morgan fingerprint density at radius 1 is 1.41 bits per heavy atom. The minimum Gasteiger partial charge on any atom is -0.359 e. The molecule has 0 fully saturated rings. The molecule has 2 N–H and O–H groups in total. The molecule has 17 heavy (non-hydrogen) atoms. The molecule has 1 rings (SSSR count). The number of hydrogen-bond donors (Lipinski definition) is 2. The van der Waals surface area contributed by atoms with Gasteiger partial charge in [0.15, 0.2) is 0 Å². The molecule has 0 aliphatic carbocycles. The number of nitrogens with zero attached hydrogens (tertiary/aromatic N) is 2. The molecule has 0 radical (unpaired) electrons. The summed E-state index contributed by atoms with van der Waals surface area (Å²) >= 11 is 0. The van der Waals surface area contributed by atoms with Gasteiger partial charge in [-0.1, -0.05) is 0 Å². The Morgan fingerprint density at radius 3 is 2.59 bits per heavy atom. The van der Waals surface area contributed by atoms with Crippen molar-refractivity contribution in [3.05, 3.63) is 23.9 Å². The second kappa shape index (κ2) is 5.85. The lowest BCUT2D eigenvalue weighted by Gasteiger charge is -2.16. The van der Waals surface area contributed by atoms with Crippen molar-refractivity contribution in [2.24, 2.45) is 0 Å². The fourth-order valence-corrected chi connectivity index (χ4v) is 1.24. The molecule has 1 amide bonds. The van der Waals surface area contributed by atoms with Crippen LogP contribution < -0.4 is 10.6 Å². The van der Waals surface area contributed by atoms with Crippen LogP contribution in [0.3, 0.4) is 0 Å². The molecule has 0 saturated carbocycles. The predicted octanol–water partition coefficient (Wildman–Crippen LogP) is 1.28. The highest BCUT2D eigenvalue weighted by Gasteiger charge is 2.13. The highest BCUT2D eigenvalue weighted by atomic mass is 16.2. The average Bonchev–Trinajstić information content (AvgIpc) is 2.29. The van der Waals surface area contributed by atoms with Gasteiger partial charge in [-0.25, -0.2) is 4.98 Å². The van der Waals surface area contributed by atoms with Gasteiger partial charge >= 0.3 is 0 Å². The first kappa shape index (κ1) is 13.0. The first-order chi connectivity index (χ1) is 8.02. The minimum absolute atomic E-state index is 0.0776. The molecule has 0 aromatic carbocycles. The lowest BCUT2D eigenvalue weighted by molar-refractivity contribution is -0.122. The van der Waals surface area contributed by atoms with Crippen LogP contribution in [0.15, 0.2) is 18.3 Å². The number of carbonyl (C=O) groups is 1. The summed E-state index contributed by atoms with van der Waals surface area (Å²) in [6, 6.07) is 5.07. The van der Waals surface area contributed by atoms with Gasteiger partial charge in [-0.2, -0.15) is 5.26 Å². The molecule has 0 aliphatic heterocycles. The van der Waals surface area contributed by atoms with Crippen molar-refractivity contribution in [3.63, 3.8) is 0 Å². The molecule has 1 atom stereocenters. The third kappa shape index (κ3) is 4.11. The predicted molar refractivity (Wildman–Crippen MR) is 65.3 cm³/mol. The normalized spacial score (nSPS) is 11.7. The number of anilines is 1. The Kier molecular flexibility index (Phi) is 4.46. The second-order valence-electron chi connectivity index (χ2n) is 4.07. The number of carbonyl (C=O) groups excluding carboxylic acids is 1. The van der Waals surface area contributed by atoms with E-state index in [1.165, 1.54) is 6.20 Å². The fraction of sp³-hybridized carbons (Fsp3) is 0.417. The second-order valence-corrected chi connectivity index (χ2v) is 4.07. The number of nitrogens with one attached hydrogen (secondary N) is 2. The van der Waals surface area contributed by atoms with E-state index in [-0.39, 0.29) is 18.0 Å². The molecular formula is C12H16N4O. The van der Waals surface area contributed by atoms with E-state index in [1.54, 1.807) is 19.1 Å². The Hall–Kier alpha value is -2.09. The molecule has 1 aromatic rings. The molecule has 0 saturated heterocycles. The smallest absolute Gasteiger partial charge is 0.242 e. The first-order valence-electron chi connectivity index (χ1n) is 5.46. The van der Waals surface area contributed by atoms with Crippen LogP contribution in [0, 0.1) is 11.3 Å². The third-order valence-electron chi connectivity index (χ3n) is 2.08. The van der Waals surface area contributed by atoms with E-state index >= 15 is 0 Å². The fourth-order valence-electron chi connectivity index (χ4n) is 1.24. The quantitative estimate of drug-likeness (QED) is 0.819. The zero-order chi connectivity index (χ0) is 12.8. The van der Waals surface area contributed by atoms with E-state index < -0.39 is 0 Å². The van der Waals surface area contributed by atoms with Crippen LogP contribution in [0.25, 0.3) is 0 Å². The summed E-state index contributed by atoms with van der Waals surface area (Å²) in [7, 11) is 0. The largest absolute Gasteiger partial charge is 0.359 e. The number of amides is 1. The van der Waals surface area contributed by atoms with E-state index in [9.17, 15) is 4.79 Å². The summed E-state index contributed by atoms with van der Waals surface area (Å²) in [6.45, 7) is 5.58. The van der Waals surface area contributed by atoms with Crippen molar-refractivity contribution in [2.75, 3.05) is 5.32 Å². The Bertz CT molecular complexity index is 419. The van der Waals surface area contributed by atoms with Crippen LogP contribution in [0.5, 0.6) is 0 Å². The number of rotatable bonds is 4. The summed E-state index contributed by atoms with van der Waals surface area (Å²) in [5.74, 6) is 0.501. The van der Waals surface area contributed by atoms with Crippen LogP contribution in [0.2, 0.25) is 0 Å². The van der Waals surface area contributed by atoms with E-state index in [4.69, 9.17) is 5.26 Å².